The van der Waals surface area contributed by atoms with Crippen LogP contribution in [0, 0.1) is 5.82 Å². The molecule has 2 rings (SSSR count). The lowest BCUT2D eigenvalue weighted by Crippen LogP contribution is -2.01. The topological polar surface area (TPSA) is 24.9 Å². The first-order chi connectivity index (χ1) is 8.16. The second-order valence-electron chi connectivity index (χ2n) is 3.46. The number of nitrogens with zero attached hydrogens (tertiary/aromatic N) is 1. The van der Waals surface area contributed by atoms with Gasteiger partial charge in [-0.3, -0.25) is 4.98 Å². The highest BCUT2D eigenvalue weighted by atomic mass is 79.9. The normalized spacial score (nSPS) is 10.3. The van der Waals surface area contributed by atoms with Crippen molar-refractivity contribution in [2.75, 3.05) is 5.32 Å². The highest BCUT2D eigenvalue weighted by Gasteiger charge is 2.04. The van der Waals surface area contributed by atoms with Crippen LogP contribution in [0.25, 0.3) is 0 Å². The molecule has 0 aliphatic rings. The number of halogens is 3. The SMILES string of the molecule is Fc1cncc(CNc2c(Br)cccc2Br)c1. The van der Waals surface area contributed by atoms with Crippen molar-refractivity contribution in [1.82, 2.24) is 4.98 Å². The van der Waals surface area contributed by atoms with Crippen LogP contribution < -0.4 is 5.32 Å². The zero-order valence-corrected chi connectivity index (χ0v) is 11.9. The highest BCUT2D eigenvalue weighted by Crippen LogP contribution is 2.30. The first-order valence-electron chi connectivity index (χ1n) is 4.94. The smallest absolute Gasteiger partial charge is 0.141 e. The zero-order chi connectivity index (χ0) is 12.3. The lowest BCUT2D eigenvalue weighted by Gasteiger charge is -2.10. The minimum atomic E-state index is -0.324. The van der Waals surface area contributed by atoms with Crippen molar-refractivity contribution in [2.24, 2.45) is 0 Å². The molecule has 0 aliphatic carbocycles. The Hall–Kier alpha value is -0.940. The first kappa shape index (κ1) is 12.5. The minimum absolute atomic E-state index is 0.324. The van der Waals surface area contributed by atoms with Crippen LogP contribution in [-0.2, 0) is 6.54 Å². The molecule has 0 fully saturated rings. The predicted molar refractivity (Wildman–Crippen MR) is 73.4 cm³/mol. The van der Waals surface area contributed by atoms with Crippen molar-refractivity contribution in [3.05, 3.63) is 57.0 Å². The average molecular weight is 360 g/mol. The van der Waals surface area contributed by atoms with Crippen LogP contribution in [0.5, 0.6) is 0 Å². The van der Waals surface area contributed by atoms with Gasteiger partial charge in [0.15, 0.2) is 0 Å². The number of hydrogen-bond acceptors (Lipinski definition) is 2. The summed E-state index contributed by atoms with van der Waals surface area (Å²) < 4.78 is 14.9. The van der Waals surface area contributed by atoms with Crippen LogP contribution >= 0.6 is 31.9 Å². The third-order valence-electron chi connectivity index (χ3n) is 2.19. The number of para-hydroxylation sites is 1. The second kappa shape index (κ2) is 5.60. The van der Waals surface area contributed by atoms with Gasteiger partial charge in [-0.25, -0.2) is 4.39 Å². The van der Waals surface area contributed by atoms with Crippen molar-refractivity contribution in [3.63, 3.8) is 0 Å². The Kier molecular flexibility index (Phi) is 4.12. The van der Waals surface area contributed by atoms with Crippen LogP contribution in [0.3, 0.4) is 0 Å². The van der Waals surface area contributed by atoms with Gasteiger partial charge in [0.2, 0.25) is 0 Å². The Bertz CT molecular complexity index is 511. The maximum atomic E-state index is 12.9. The zero-order valence-electron chi connectivity index (χ0n) is 8.75. The fourth-order valence-corrected chi connectivity index (χ4v) is 2.69. The van der Waals surface area contributed by atoms with E-state index in [1.807, 2.05) is 18.2 Å². The maximum Gasteiger partial charge on any atom is 0.141 e. The molecule has 0 unspecified atom stereocenters. The van der Waals surface area contributed by atoms with Crippen LogP contribution in [-0.4, -0.2) is 4.98 Å². The Morgan fingerprint density at radius 1 is 1.18 bits per heavy atom. The monoisotopic (exact) mass is 358 g/mol. The lowest BCUT2D eigenvalue weighted by molar-refractivity contribution is 0.619. The molecule has 0 spiro atoms. The third kappa shape index (κ3) is 3.26. The Balaban J connectivity index is 2.13. The fourth-order valence-electron chi connectivity index (χ4n) is 1.41. The molecule has 0 radical (unpaired) electrons. The standard InChI is InChI=1S/C12H9Br2FN2/c13-10-2-1-3-11(14)12(10)17-6-8-4-9(15)7-16-5-8/h1-5,7,17H,6H2. The van der Waals surface area contributed by atoms with E-state index in [-0.39, 0.29) is 5.82 Å². The summed E-state index contributed by atoms with van der Waals surface area (Å²) in [7, 11) is 0. The summed E-state index contributed by atoms with van der Waals surface area (Å²) in [6.07, 6.45) is 2.83. The van der Waals surface area contributed by atoms with E-state index in [2.05, 4.69) is 42.2 Å². The molecule has 0 aliphatic heterocycles. The molecule has 1 N–H and O–H groups in total. The van der Waals surface area contributed by atoms with Crippen LogP contribution in [0.2, 0.25) is 0 Å². The van der Waals surface area contributed by atoms with Crippen LogP contribution in [0.4, 0.5) is 10.1 Å². The predicted octanol–water partition coefficient (Wildman–Crippen LogP) is 4.36. The van der Waals surface area contributed by atoms with Crippen LogP contribution in [0.15, 0.2) is 45.6 Å². The molecule has 5 heteroatoms. The van der Waals surface area contributed by atoms with Crippen molar-refractivity contribution in [3.8, 4) is 0 Å². The van der Waals surface area contributed by atoms with Crippen molar-refractivity contribution in [2.45, 2.75) is 6.54 Å². The van der Waals surface area contributed by atoms with Gasteiger partial charge >= 0.3 is 0 Å². The van der Waals surface area contributed by atoms with E-state index in [1.54, 1.807) is 6.20 Å². The molecule has 1 aromatic carbocycles. The molecule has 1 aromatic heterocycles. The number of rotatable bonds is 3. The van der Waals surface area contributed by atoms with Gasteiger partial charge < -0.3 is 5.32 Å². The van der Waals surface area contributed by atoms with E-state index >= 15 is 0 Å². The summed E-state index contributed by atoms with van der Waals surface area (Å²) in [5, 5.41) is 3.22. The van der Waals surface area contributed by atoms with Gasteiger partial charge in [0.05, 0.1) is 11.9 Å². The number of hydrogen-bond donors (Lipinski definition) is 1. The first-order valence-corrected chi connectivity index (χ1v) is 6.53. The molecule has 2 aromatic rings. The Morgan fingerprint density at radius 3 is 2.53 bits per heavy atom. The molecule has 0 saturated heterocycles. The summed E-state index contributed by atoms with van der Waals surface area (Å²) >= 11 is 6.91. The molecular formula is C12H9Br2FN2. The van der Waals surface area contributed by atoms with E-state index < -0.39 is 0 Å². The van der Waals surface area contributed by atoms with Gasteiger partial charge in [0, 0.05) is 21.7 Å². The minimum Gasteiger partial charge on any atom is -0.379 e. The third-order valence-corrected chi connectivity index (χ3v) is 3.52. The van der Waals surface area contributed by atoms with E-state index in [1.165, 1.54) is 12.3 Å². The van der Waals surface area contributed by atoms with Gasteiger partial charge in [-0.2, -0.15) is 0 Å². The number of pyridine rings is 1. The molecule has 0 atom stereocenters. The summed E-state index contributed by atoms with van der Waals surface area (Å²) in [6.45, 7) is 0.520. The lowest BCUT2D eigenvalue weighted by atomic mass is 10.2. The van der Waals surface area contributed by atoms with Crippen molar-refractivity contribution < 1.29 is 4.39 Å². The molecule has 0 amide bonds. The van der Waals surface area contributed by atoms with Gasteiger partial charge in [0.1, 0.15) is 5.82 Å². The number of benzene rings is 1. The molecule has 17 heavy (non-hydrogen) atoms. The average Bonchev–Trinajstić information content (AvgIpc) is 2.28. The second-order valence-corrected chi connectivity index (χ2v) is 5.17. The largest absolute Gasteiger partial charge is 0.379 e. The maximum absolute atomic E-state index is 12.9. The Labute approximate surface area is 116 Å². The number of aromatic nitrogens is 1. The summed E-state index contributed by atoms with van der Waals surface area (Å²) in [5.74, 6) is -0.324. The van der Waals surface area contributed by atoms with E-state index in [4.69, 9.17) is 0 Å². The van der Waals surface area contributed by atoms with Crippen molar-refractivity contribution in [1.29, 1.82) is 0 Å². The molecule has 88 valence electrons. The number of anilines is 1. The van der Waals surface area contributed by atoms with E-state index in [0.29, 0.717) is 6.54 Å². The Morgan fingerprint density at radius 2 is 1.88 bits per heavy atom. The molecule has 2 nitrogen and oxygen atoms in total. The summed E-state index contributed by atoms with van der Waals surface area (Å²) in [5.41, 5.74) is 1.74. The van der Waals surface area contributed by atoms with Gasteiger partial charge in [-0.05, 0) is 55.6 Å². The number of nitrogens with one attached hydrogen (secondary N) is 1. The van der Waals surface area contributed by atoms with E-state index in [9.17, 15) is 4.39 Å². The van der Waals surface area contributed by atoms with Crippen molar-refractivity contribution >= 4 is 37.5 Å². The van der Waals surface area contributed by atoms with E-state index in [0.717, 1.165) is 20.2 Å². The molecule has 0 bridgehead atoms. The summed E-state index contributed by atoms with van der Waals surface area (Å²) in [6, 6.07) is 7.28. The van der Waals surface area contributed by atoms with Gasteiger partial charge in [-0.15, -0.1) is 0 Å². The van der Waals surface area contributed by atoms with Crippen LogP contribution in [0.1, 0.15) is 5.56 Å². The summed E-state index contributed by atoms with van der Waals surface area (Å²) in [4.78, 5) is 3.80. The quantitative estimate of drug-likeness (QED) is 0.880. The molecule has 1 heterocycles. The fraction of sp³-hybridized carbons (Fsp3) is 0.0833. The highest BCUT2D eigenvalue weighted by molar-refractivity contribution is 9.11. The van der Waals surface area contributed by atoms with Gasteiger partial charge in [-0.1, -0.05) is 6.07 Å². The van der Waals surface area contributed by atoms with Gasteiger partial charge in [0.25, 0.3) is 0 Å². The molecular weight excluding hydrogens is 351 g/mol. The molecule has 0 saturated carbocycles.